The smallest absolute Gasteiger partial charge is 0.399 e. The van der Waals surface area contributed by atoms with E-state index in [-0.39, 0.29) is 5.41 Å². The molecule has 1 N–H and O–H groups in total. The maximum Gasteiger partial charge on any atom is 0.496 e. The van der Waals surface area contributed by atoms with Gasteiger partial charge in [-0.05, 0) is 87.2 Å². The standard InChI is InChI=1S/C34H39BN2O2/c1-32(2,3)25-18-20-26(21-19-25)36-31-24-29(22-23-30(31)35-38-33(4,5)34(6,7)39-35)37(27-14-10-8-11-15-27)28-16-12-9-13-17-28/h8-24,36H,1-7H3. The summed E-state index contributed by atoms with van der Waals surface area (Å²) in [6, 6.07) is 36.0. The second-order valence-corrected chi connectivity index (χ2v) is 12.3. The van der Waals surface area contributed by atoms with Crippen molar-refractivity contribution >= 4 is 41.0 Å². The highest BCUT2D eigenvalue weighted by Crippen LogP contribution is 2.39. The molecule has 4 aromatic rings. The van der Waals surface area contributed by atoms with Crippen LogP contribution in [0, 0.1) is 0 Å². The van der Waals surface area contributed by atoms with E-state index in [1.165, 1.54) is 5.56 Å². The van der Waals surface area contributed by atoms with Crippen molar-refractivity contribution in [3.8, 4) is 0 Å². The zero-order valence-corrected chi connectivity index (χ0v) is 24.2. The molecule has 0 spiro atoms. The van der Waals surface area contributed by atoms with E-state index >= 15 is 0 Å². The fourth-order valence-corrected chi connectivity index (χ4v) is 4.78. The van der Waals surface area contributed by atoms with Crippen LogP contribution in [0.3, 0.4) is 0 Å². The van der Waals surface area contributed by atoms with Gasteiger partial charge in [0, 0.05) is 33.9 Å². The summed E-state index contributed by atoms with van der Waals surface area (Å²) in [7, 11) is -0.484. The number of rotatable bonds is 6. The lowest BCUT2D eigenvalue weighted by Crippen LogP contribution is -2.41. The molecule has 0 atom stereocenters. The van der Waals surface area contributed by atoms with Crippen LogP contribution in [0.1, 0.15) is 54.0 Å². The van der Waals surface area contributed by atoms with E-state index in [1.54, 1.807) is 0 Å². The lowest BCUT2D eigenvalue weighted by molar-refractivity contribution is 0.00578. The third-order valence-corrected chi connectivity index (χ3v) is 7.86. The van der Waals surface area contributed by atoms with Gasteiger partial charge in [-0.25, -0.2) is 0 Å². The first kappa shape index (κ1) is 27.0. The van der Waals surface area contributed by atoms with Gasteiger partial charge in [0.15, 0.2) is 0 Å². The third kappa shape index (κ3) is 5.61. The van der Waals surface area contributed by atoms with Gasteiger partial charge in [-0.15, -0.1) is 0 Å². The highest BCUT2D eigenvalue weighted by atomic mass is 16.7. The minimum absolute atomic E-state index is 0.0954. The van der Waals surface area contributed by atoms with E-state index < -0.39 is 18.3 Å². The van der Waals surface area contributed by atoms with Crippen molar-refractivity contribution in [3.63, 3.8) is 0 Å². The van der Waals surface area contributed by atoms with Gasteiger partial charge >= 0.3 is 7.12 Å². The highest BCUT2D eigenvalue weighted by Gasteiger charge is 2.52. The Balaban J connectivity index is 1.60. The fraction of sp³-hybridized carbons (Fsp3) is 0.294. The van der Waals surface area contributed by atoms with Crippen molar-refractivity contribution in [1.82, 2.24) is 0 Å². The lowest BCUT2D eigenvalue weighted by atomic mass is 9.77. The summed E-state index contributed by atoms with van der Waals surface area (Å²) < 4.78 is 13.0. The van der Waals surface area contributed by atoms with Crippen molar-refractivity contribution in [2.75, 3.05) is 10.2 Å². The van der Waals surface area contributed by atoms with Gasteiger partial charge in [-0.2, -0.15) is 0 Å². The van der Waals surface area contributed by atoms with Crippen LogP contribution in [0.25, 0.3) is 0 Å². The topological polar surface area (TPSA) is 33.7 Å². The summed E-state index contributed by atoms with van der Waals surface area (Å²) in [6.45, 7) is 15.1. The Hall–Kier alpha value is -3.54. The van der Waals surface area contributed by atoms with E-state index in [2.05, 4.69) is 150 Å². The molecule has 1 aliphatic rings. The molecule has 5 heteroatoms. The number of anilines is 5. The first-order chi connectivity index (χ1) is 18.4. The van der Waals surface area contributed by atoms with E-state index in [9.17, 15) is 0 Å². The molecule has 0 aromatic heterocycles. The second kappa shape index (κ2) is 10.2. The van der Waals surface area contributed by atoms with Crippen LogP contribution in [0.15, 0.2) is 103 Å². The van der Waals surface area contributed by atoms with Crippen LogP contribution in [0.4, 0.5) is 28.4 Å². The summed E-state index contributed by atoms with van der Waals surface area (Å²) >= 11 is 0. The number of hydrogen-bond acceptors (Lipinski definition) is 4. The summed E-state index contributed by atoms with van der Waals surface area (Å²) in [5.41, 5.74) is 6.70. The molecule has 0 unspecified atom stereocenters. The first-order valence-electron chi connectivity index (χ1n) is 13.7. The Kier molecular flexibility index (Phi) is 7.09. The Labute approximate surface area is 234 Å². The first-order valence-corrected chi connectivity index (χ1v) is 13.7. The highest BCUT2D eigenvalue weighted by molar-refractivity contribution is 6.64. The van der Waals surface area contributed by atoms with Gasteiger partial charge in [0.25, 0.3) is 0 Å². The van der Waals surface area contributed by atoms with Crippen LogP contribution in [-0.2, 0) is 14.7 Å². The zero-order chi connectivity index (χ0) is 27.8. The number of hydrogen-bond donors (Lipinski definition) is 1. The molecule has 4 nitrogen and oxygen atoms in total. The van der Waals surface area contributed by atoms with Gasteiger partial charge < -0.3 is 19.5 Å². The SMILES string of the molecule is CC(C)(C)c1ccc(Nc2cc(N(c3ccccc3)c3ccccc3)ccc2B2OC(C)(C)C(C)(C)O2)cc1. The Morgan fingerprint density at radius 1 is 0.641 bits per heavy atom. The molecule has 39 heavy (non-hydrogen) atoms. The van der Waals surface area contributed by atoms with Gasteiger partial charge in [0.05, 0.1) is 11.2 Å². The van der Waals surface area contributed by atoms with Crippen LogP contribution in [-0.4, -0.2) is 18.3 Å². The maximum absolute atomic E-state index is 6.49. The van der Waals surface area contributed by atoms with Crippen molar-refractivity contribution in [2.45, 2.75) is 65.1 Å². The zero-order valence-electron chi connectivity index (χ0n) is 24.2. The Morgan fingerprint density at radius 3 is 1.64 bits per heavy atom. The number of benzene rings is 4. The average molecular weight is 519 g/mol. The molecule has 0 amide bonds. The molecule has 0 aliphatic carbocycles. The Morgan fingerprint density at radius 2 is 1.15 bits per heavy atom. The molecule has 1 heterocycles. The molecule has 0 bridgehead atoms. The molecule has 1 saturated heterocycles. The van der Waals surface area contributed by atoms with E-state index in [0.717, 1.165) is 33.9 Å². The van der Waals surface area contributed by atoms with Gasteiger partial charge in [-0.1, -0.05) is 75.4 Å². The van der Waals surface area contributed by atoms with E-state index in [1.807, 2.05) is 12.1 Å². The van der Waals surface area contributed by atoms with Gasteiger partial charge in [0.1, 0.15) is 0 Å². The van der Waals surface area contributed by atoms with Crippen LogP contribution in [0.5, 0.6) is 0 Å². The quantitative estimate of drug-likeness (QED) is 0.260. The maximum atomic E-state index is 6.49. The molecule has 1 aliphatic heterocycles. The molecule has 0 radical (unpaired) electrons. The molecule has 5 rings (SSSR count). The predicted octanol–water partition coefficient (Wildman–Crippen LogP) is 8.50. The van der Waals surface area contributed by atoms with Gasteiger partial charge in [-0.3, -0.25) is 0 Å². The van der Waals surface area contributed by atoms with Gasteiger partial charge in [0.2, 0.25) is 0 Å². The summed E-state index contributed by atoms with van der Waals surface area (Å²) in [6.07, 6.45) is 0. The molecular weight excluding hydrogens is 479 g/mol. The molecule has 1 fully saturated rings. The summed E-state index contributed by atoms with van der Waals surface area (Å²) in [5, 5.41) is 3.69. The van der Waals surface area contributed by atoms with E-state index in [0.29, 0.717) is 0 Å². The number of nitrogens with one attached hydrogen (secondary N) is 1. The monoisotopic (exact) mass is 518 g/mol. The summed E-state index contributed by atoms with van der Waals surface area (Å²) in [4.78, 5) is 2.27. The van der Waals surface area contributed by atoms with Crippen molar-refractivity contribution in [1.29, 1.82) is 0 Å². The molecular formula is C34H39BN2O2. The lowest BCUT2D eigenvalue weighted by Gasteiger charge is -2.32. The van der Waals surface area contributed by atoms with Crippen molar-refractivity contribution in [3.05, 3.63) is 109 Å². The normalized spacial score (nSPS) is 16.2. The van der Waals surface area contributed by atoms with Crippen LogP contribution >= 0.6 is 0 Å². The molecule has 200 valence electrons. The second-order valence-electron chi connectivity index (χ2n) is 12.3. The summed E-state index contributed by atoms with van der Waals surface area (Å²) in [5.74, 6) is 0. The van der Waals surface area contributed by atoms with E-state index in [4.69, 9.17) is 9.31 Å². The minimum atomic E-state index is -0.484. The van der Waals surface area contributed by atoms with Crippen LogP contribution in [0.2, 0.25) is 0 Å². The fourth-order valence-electron chi connectivity index (χ4n) is 4.78. The Bertz CT molecular complexity index is 1360. The minimum Gasteiger partial charge on any atom is -0.399 e. The largest absolute Gasteiger partial charge is 0.496 e. The molecule has 4 aromatic carbocycles. The van der Waals surface area contributed by atoms with Crippen molar-refractivity contribution < 1.29 is 9.31 Å². The average Bonchev–Trinajstić information content (AvgIpc) is 3.12. The van der Waals surface area contributed by atoms with Crippen LogP contribution < -0.4 is 15.7 Å². The number of nitrogens with zero attached hydrogens (tertiary/aromatic N) is 1. The third-order valence-electron chi connectivity index (χ3n) is 7.86. The number of para-hydroxylation sites is 2. The predicted molar refractivity (Wildman–Crippen MR) is 165 cm³/mol. The van der Waals surface area contributed by atoms with Crippen molar-refractivity contribution in [2.24, 2.45) is 0 Å². The molecule has 0 saturated carbocycles.